The number of ether oxygens (including phenoxy) is 1. The Morgan fingerprint density at radius 1 is 1.02 bits per heavy atom. The summed E-state index contributed by atoms with van der Waals surface area (Å²) in [6.07, 6.45) is 7.02. The quantitative estimate of drug-likeness (QED) is 0.168. The van der Waals surface area contributed by atoms with E-state index in [-0.39, 0.29) is 47.8 Å². The van der Waals surface area contributed by atoms with Gasteiger partial charge in [-0.2, -0.15) is 0 Å². The van der Waals surface area contributed by atoms with Gasteiger partial charge in [-0.3, -0.25) is 9.59 Å². The Balaban J connectivity index is 1.79. The summed E-state index contributed by atoms with van der Waals surface area (Å²) in [6.45, 7) is 9.50. The van der Waals surface area contributed by atoms with Crippen molar-refractivity contribution in [2.24, 2.45) is 40.9 Å². The van der Waals surface area contributed by atoms with Crippen molar-refractivity contribution < 1.29 is 39.5 Å². The first kappa shape index (κ1) is 28.7. The molecule has 1 saturated carbocycles. The Morgan fingerprint density at radius 2 is 1.73 bits per heavy atom. The van der Waals surface area contributed by atoms with E-state index in [1.165, 1.54) is 6.08 Å². The fourth-order valence-electron chi connectivity index (χ4n) is 8.42. The topological polar surface area (TPSA) is 141 Å². The molecule has 0 unspecified atom stereocenters. The summed E-state index contributed by atoms with van der Waals surface area (Å²) in [5, 5.41) is 45.4. The number of aldehydes is 1. The predicted molar refractivity (Wildman–Crippen MR) is 147 cm³/mol. The fourth-order valence-corrected chi connectivity index (χ4v) is 8.42. The second-order valence-corrected chi connectivity index (χ2v) is 12.9. The maximum Gasteiger partial charge on any atom is 0.346 e. The molecule has 1 heterocycles. The van der Waals surface area contributed by atoms with Crippen LogP contribution in [0.5, 0.6) is 0 Å². The van der Waals surface area contributed by atoms with Gasteiger partial charge in [0.25, 0.3) is 0 Å². The van der Waals surface area contributed by atoms with Crippen LogP contribution in [0.4, 0.5) is 0 Å². The number of ketones is 1. The van der Waals surface area contributed by atoms with E-state index in [1.54, 1.807) is 13.0 Å². The Morgan fingerprint density at radius 3 is 2.40 bits per heavy atom. The van der Waals surface area contributed by atoms with Gasteiger partial charge in [-0.25, -0.2) is 4.79 Å². The van der Waals surface area contributed by atoms with Crippen molar-refractivity contribution in [1.82, 2.24) is 0 Å². The van der Waals surface area contributed by atoms with Crippen LogP contribution in [-0.4, -0.2) is 62.4 Å². The van der Waals surface area contributed by atoms with Crippen LogP contribution < -0.4 is 0 Å². The molecule has 2 bridgehead atoms. The lowest BCUT2D eigenvalue weighted by molar-refractivity contribution is -0.159. The van der Waals surface area contributed by atoms with Gasteiger partial charge < -0.3 is 25.2 Å². The van der Waals surface area contributed by atoms with Crippen molar-refractivity contribution in [2.45, 2.75) is 77.8 Å². The summed E-state index contributed by atoms with van der Waals surface area (Å²) in [7, 11) is 0. The molecule has 11 atom stereocenters. The number of Topliss-reactive ketones (excluding diaryl/α,β-unsaturated/α-hetero) is 1. The number of allylic oxidation sites excluding steroid dienone is 3. The minimum atomic E-state index is -1.94. The van der Waals surface area contributed by atoms with E-state index in [2.05, 4.69) is 6.92 Å². The lowest BCUT2D eigenvalue weighted by Crippen LogP contribution is -2.54. The highest BCUT2D eigenvalue weighted by Gasteiger charge is 2.64. The van der Waals surface area contributed by atoms with E-state index in [0.717, 1.165) is 5.57 Å². The van der Waals surface area contributed by atoms with E-state index in [0.29, 0.717) is 18.3 Å². The summed E-state index contributed by atoms with van der Waals surface area (Å²) in [4.78, 5) is 39.7. The van der Waals surface area contributed by atoms with Crippen LogP contribution in [0.25, 0.3) is 0 Å². The molecule has 8 nitrogen and oxygen atoms in total. The maximum atomic E-state index is 14.3. The van der Waals surface area contributed by atoms with Crippen LogP contribution in [0.15, 0.2) is 58.4 Å². The van der Waals surface area contributed by atoms with Crippen LogP contribution in [0.2, 0.25) is 0 Å². The summed E-state index contributed by atoms with van der Waals surface area (Å²) in [5.41, 5.74) is -2.12. The maximum absolute atomic E-state index is 14.3. The Bertz CT molecular complexity index is 1290. The molecule has 216 valence electrons. The van der Waals surface area contributed by atoms with Gasteiger partial charge in [-0.15, -0.1) is 0 Å². The zero-order chi connectivity index (χ0) is 29.3. The number of aliphatic hydroxyl groups excluding tert-OH is 4. The zero-order valence-corrected chi connectivity index (χ0v) is 23.7. The van der Waals surface area contributed by atoms with Crippen molar-refractivity contribution in [3.05, 3.63) is 58.4 Å². The van der Waals surface area contributed by atoms with Crippen molar-refractivity contribution in [1.29, 1.82) is 0 Å². The lowest BCUT2D eigenvalue weighted by atomic mass is 9.49. The highest BCUT2D eigenvalue weighted by molar-refractivity contribution is 6.26. The number of carbonyl (C=O) groups excluding carboxylic acids is 3. The van der Waals surface area contributed by atoms with Gasteiger partial charge in [-0.1, -0.05) is 50.6 Å². The summed E-state index contributed by atoms with van der Waals surface area (Å²) < 4.78 is 5.81. The Kier molecular flexibility index (Phi) is 7.12. The normalized spacial score (nSPS) is 49.8. The van der Waals surface area contributed by atoms with Crippen LogP contribution in [-0.2, 0) is 19.1 Å². The highest BCUT2D eigenvalue weighted by atomic mass is 16.6. The standard InChI is InChI=1S/C32H40O8/c1-15-6-9-23(34)16(2)11-22-24(35)12-19(14-33)13-32(22)29(38)25(30(39)40-32)28(37)31(5)21(15)8-7-20-26(31)17(3)10-18(4)27(20)36/h6-8,11-12,14,17-18,20-24,26-27,34-37H,9-10,13H2,1-5H3/b15-6-,16-11+,28-25+/t17-,18-,20-,21-,22+,23-,24-,26+,27-,31+,32-/m0/s1. The number of esters is 1. The van der Waals surface area contributed by atoms with Gasteiger partial charge in [0, 0.05) is 23.7 Å². The first-order valence-corrected chi connectivity index (χ1v) is 14.2. The van der Waals surface area contributed by atoms with E-state index in [4.69, 9.17) is 4.74 Å². The van der Waals surface area contributed by atoms with Crippen molar-refractivity contribution in [3.8, 4) is 0 Å². The average molecular weight is 553 g/mol. The Hall–Kier alpha value is -2.81. The lowest BCUT2D eigenvalue weighted by Gasteiger charge is -2.55. The highest BCUT2D eigenvalue weighted by Crippen LogP contribution is 2.60. The molecule has 2 fully saturated rings. The van der Waals surface area contributed by atoms with Gasteiger partial charge in [0.05, 0.1) is 24.2 Å². The molecule has 0 radical (unpaired) electrons. The van der Waals surface area contributed by atoms with Crippen LogP contribution in [0, 0.1) is 40.9 Å². The number of fused-ring (bicyclic) bond motifs is 4. The smallest absolute Gasteiger partial charge is 0.346 e. The number of carbonyl (C=O) groups is 3. The molecule has 0 aromatic carbocycles. The van der Waals surface area contributed by atoms with Crippen LogP contribution in [0.1, 0.15) is 53.9 Å². The second-order valence-electron chi connectivity index (χ2n) is 12.9. The van der Waals surface area contributed by atoms with Gasteiger partial charge in [0.15, 0.2) is 5.60 Å². The number of aliphatic hydroxyl groups is 4. The molecule has 0 aromatic rings. The summed E-state index contributed by atoms with van der Waals surface area (Å²) in [5.74, 6) is -4.22. The van der Waals surface area contributed by atoms with Crippen molar-refractivity contribution in [3.63, 3.8) is 0 Å². The number of hydrogen-bond acceptors (Lipinski definition) is 8. The number of hydrogen-bond donors (Lipinski definition) is 4. The first-order valence-electron chi connectivity index (χ1n) is 14.2. The average Bonchev–Trinajstić information content (AvgIpc) is 3.14. The molecule has 4 N–H and O–H groups in total. The molecule has 8 heteroatoms. The van der Waals surface area contributed by atoms with Crippen LogP contribution >= 0.6 is 0 Å². The molecule has 40 heavy (non-hydrogen) atoms. The predicted octanol–water partition coefficient (Wildman–Crippen LogP) is 3.29. The third-order valence-electron chi connectivity index (χ3n) is 10.5. The number of rotatable bonds is 1. The molecule has 1 saturated heterocycles. The monoisotopic (exact) mass is 552 g/mol. The molecule has 4 aliphatic carbocycles. The molecular weight excluding hydrogens is 512 g/mol. The largest absolute Gasteiger partial charge is 0.511 e. The van der Waals surface area contributed by atoms with Crippen molar-refractivity contribution in [2.75, 3.05) is 0 Å². The van der Waals surface area contributed by atoms with E-state index in [1.807, 2.05) is 39.0 Å². The minimum absolute atomic E-state index is 0.0332. The molecule has 5 aliphatic rings. The molecule has 1 spiro atoms. The van der Waals surface area contributed by atoms with Gasteiger partial charge in [0.1, 0.15) is 17.6 Å². The first-order chi connectivity index (χ1) is 18.8. The van der Waals surface area contributed by atoms with Gasteiger partial charge >= 0.3 is 5.97 Å². The molecular formula is C32H40O8. The Labute approximate surface area is 234 Å². The zero-order valence-electron chi connectivity index (χ0n) is 23.7. The molecule has 0 amide bonds. The van der Waals surface area contributed by atoms with E-state index < -0.39 is 58.5 Å². The summed E-state index contributed by atoms with van der Waals surface area (Å²) in [6, 6.07) is 0. The SMILES string of the molecule is C/C1=C/C[C@H](O)/C(C)=C/[C@@H]2[C@@H](O)C=C(C=O)C[C@]23OC(=O)/C(=C(/O)[C@@]2(C)[C@H]4[C@H](C=C[C@@H]12)[C@@H](O)[C@@H](C)C[C@@H]4C)C3=O. The van der Waals surface area contributed by atoms with Crippen molar-refractivity contribution >= 4 is 18.0 Å². The van der Waals surface area contributed by atoms with E-state index >= 15 is 0 Å². The third-order valence-corrected chi connectivity index (χ3v) is 10.5. The molecule has 0 aromatic heterocycles. The van der Waals surface area contributed by atoms with E-state index in [9.17, 15) is 34.8 Å². The second kappa shape index (κ2) is 9.93. The summed E-state index contributed by atoms with van der Waals surface area (Å²) >= 11 is 0. The van der Waals surface area contributed by atoms with Gasteiger partial charge in [-0.05, 0) is 61.7 Å². The van der Waals surface area contributed by atoms with Crippen LogP contribution in [0.3, 0.4) is 0 Å². The minimum Gasteiger partial charge on any atom is -0.511 e. The molecule has 1 aliphatic heterocycles. The van der Waals surface area contributed by atoms with Gasteiger partial charge in [0.2, 0.25) is 5.78 Å². The molecule has 5 rings (SSSR count). The fraction of sp³-hybridized carbons (Fsp3) is 0.594. The third kappa shape index (κ3) is 4.02.